The van der Waals surface area contributed by atoms with E-state index in [2.05, 4.69) is 17.4 Å². The Bertz CT molecular complexity index is 645. The highest BCUT2D eigenvalue weighted by Gasteiger charge is 2.21. The zero-order chi connectivity index (χ0) is 17.4. The van der Waals surface area contributed by atoms with Crippen molar-refractivity contribution in [3.8, 4) is 5.75 Å². The number of hydrogen-bond acceptors (Lipinski definition) is 2. The van der Waals surface area contributed by atoms with Crippen molar-refractivity contribution in [3.63, 3.8) is 0 Å². The highest BCUT2D eigenvalue weighted by molar-refractivity contribution is 5.81. The number of aryl methyl sites for hydroxylation is 1. The summed E-state index contributed by atoms with van der Waals surface area (Å²) in [5.74, 6) is -0.557. The van der Waals surface area contributed by atoms with Gasteiger partial charge in [-0.15, -0.1) is 0 Å². The van der Waals surface area contributed by atoms with E-state index < -0.39 is 11.9 Å². The van der Waals surface area contributed by atoms with Crippen LogP contribution in [-0.2, 0) is 11.2 Å². The van der Waals surface area contributed by atoms with Crippen LogP contribution in [0.1, 0.15) is 32.3 Å². The van der Waals surface area contributed by atoms with Gasteiger partial charge >= 0.3 is 0 Å². The summed E-state index contributed by atoms with van der Waals surface area (Å²) < 4.78 is 19.2. The molecule has 2 aromatic carbocycles. The van der Waals surface area contributed by atoms with Gasteiger partial charge in [-0.3, -0.25) is 4.79 Å². The van der Waals surface area contributed by atoms with Crippen molar-refractivity contribution in [2.45, 2.75) is 45.3 Å². The maximum atomic E-state index is 13.7. The number of para-hydroxylation sites is 1. The molecule has 0 aliphatic carbocycles. The maximum Gasteiger partial charge on any atom is 0.261 e. The van der Waals surface area contributed by atoms with Crippen LogP contribution in [0.4, 0.5) is 4.39 Å². The average Bonchev–Trinajstić information content (AvgIpc) is 2.60. The van der Waals surface area contributed by atoms with Crippen LogP contribution in [0.3, 0.4) is 0 Å². The summed E-state index contributed by atoms with van der Waals surface area (Å²) in [6.45, 7) is 3.82. The Hall–Kier alpha value is -2.36. The summed E-state index contributed by atoms with van der Waals surface area (Å²) >= 11 is 0. The van der Waals surface area contributed by atoms with Gasteiger partial charge in [-0.2, -0.15) is 0 Å². The molecule has 2 aromatic rings. The van der Waals surface area contributed by atoms with Crippen molar-refractivity contribution < 1.29 is 13.9 Å². The zero-order valence-electron chi connectivity index (χ0n) is 14.2. The van der Waals surface area contributed by atoms with Gasteiger partial charge in [0.1, 0.15) is 0 Å². The van der Waals surface area contributed by atoms with E-state index in [1.807, 2.05) is 32.0 Å². The molecule has 4 heteroatoms. The minimum Gasteiger partial charge on any atom is -0.478 e. The molecule has 1 N–H and O–H groups in total. The summed E-state index contributed by atoms with van der Waals surface area (Å²) in [6.07, 6.45) is 1.52. The van der Waals surface area contributed by atoms with Crippen molar-refractivity contribution in [1.82, 2.24) is 5.32 Å². The van der Waals surface area contributed by atoms with E-state index in [0.29, 0.717) is 6.42 Å². The van der Waals surface area contributed by atoms with E-state index in [1.54, 1.807) is 12.1 Å². The summed E-state index contributed by atoms with van der Waals surface area (Å²) in [7, 11) is 0. The largest absolute Gasteiger partial charge is 0.478 e. The van der Waals surface area contributed by atoms with Gasteiger partial charge in [-0.25, -0.2) is 4.39 Å². The second-order valence-corrected chi connectivity index (χ2v) is 5.88. The molecule has 0 bridgehead atoms. The van der Waals surface area contributed by atoms with Gasteiger partial charge in [0.15, 0.2) is 17.7 Å². The molecule has 2 rings (SSSR count). The van der Waals surface area contributed by atoms with Crippen molar-refractivity contribution in [3.05, 3.63) is 66.0 Å². The topological polar surface area (TPSA) is 38.3 Å². The second kappa shape index (κ2) is 9.06. The molecule has 0 saturated carbocycles. The number of hydrogen-bond donors (Lipinski definition) is 1. The van der Waals surface area contributed by atoms with Crippen LogP contribution in [-0.4, -0.2) is 18.1 Å². The lowest BCUT2D eigenvalue weighted by atomic mass is 10.1. The first-order valence-corrected chi connectivity index (χ1v) is 8.35. The Labute approximate surface area is 142 Å². The number of rotatable bonds is 8. The van der Waals surface area contributed by atoms with E-state index >= 15 is 0 Å². The standard InChI is InChI=1S/C20H24FNO2/c1-3-18(24-19-12-8-7-11-17(19)21)20(23)22-15(2)13-14-16-9-5-4-6-10-16/h4-12,15,18H,3,13-14H2,1-2H3,(H,22,23)/t15-,18+/m1/s1. The predicted molar refractivity (Wildman–Crippen MR) is 93.5 cm³/mol. The average molecular weight is 329 g/mol. The number of nitrogens with one attached hydrogen (secondary N) is 1. The van der Waals surface area contributed by atoms with Gasteiger partial charge in [-0.1, -0.05) is 49.4 Å². The Balaban J connectivity index is 1.85. The lowest BCUT2D eigenvalue weighted by Crippen LogP contribution is -2.42. The Morgan fingerprint density at radius 3 is 2.46 bits per heavy atom. The molecule has 24 heavy (non-hydrogen) atoms. The molecule has 0 aliphatic heterocycles. The lowest BCUT2D eigenvalue weighted by Gasteiger charge is -2.20. The first-order chi connectivity index (χ1) is 11.6. The normalized spacial score (nSPS) is 13.1. The Morgan fingerprint density at radius 1 is 1.12 bits per heavy atom. The number of carbonyl (C=O) groups excluding carboxylic acids is 1. The molecule has 0 spiro atoms. The van der Waals surface area contributed by atoms with Crippen LogP contribution in [0.2, 0.25) is 0 Å². The van der Waals surface area contributed by atoms with Gasteiger partial charge in [0, 0.05) is 6.04 Å². The predicted octanol–water partition coefficient (Wildman–Crippen LogP) is 4.12. The van der Waals surface area contributed by atoms with Crippen molar-refractivity contribution in [1.29, 1.82) is 0 Å². The van der Waals surface area contributed by atoms with Crippen LogP contribution in [0.5, 0.6) is 5.75 Å². The van der Waals surface area contributed by atoms with Crippen LogP contribution < -0.4 is 10.1 Å². The fourth-order valence-electron chi connectivity index (χ4n) is 2.45. The van der Waals surface area contributed by atoms with Gasteiger partial charge in [0.2, 0.25) is 0 Å². The summed E-state index contributed by atoms with van der Waals surface area (Å²) in [4.78, 5) is 12.4. The second-order valence-electron chi connectivity index (χ2n) is 5.88. The van der Waals surface area contributed by atoms with E-state index in [-0.39, 0.29) is 17.7 Å². The van der Waals surface area contributed by atoms with Crippen molar-refractivity contribution in [2.75, 3.05) is 0 Å². The quantitative estimate of drug-likeness (QED) is 0.791. The van der Waals surface area contributed by atoms with E-state index in [0.717, 1.165) is 12.8 Å². The number of halogens is 1. The van der Waals surface area contributed by atoms with Gasteiger partial charge < -0.3 is 10.1 Å². The molecule has 1 amide bonds. The molecule has 0 heterocycles. The molecule has 0 saturated heterocycles. The smallest absolute Gasteiger partial charge is 0.261 e. The minimum absolute atomic E-state index is 0.0241. The minimum atomic E-state index is -0.693. The number of carbonyl (C=O) groups is 1. The number of benzene rings is 2. The third-order valence-corrected chi connectivity index (χ3v) is 3.87. The molecule has 0 aliphatic rings. The van der Waals surface area contributed by atoms with Gasteiger partial charge in [-0.05, 0) is 43.9 Å². The van der Waals surface area contributed by atoms with Crippen molar-refractivity contribution >= 4 is 5.91 Å². The SMILES string of the molecule is CC[C@H](Oc1ccccc1F)C(=O)N[C@H](C)CCc1ccccc1. The van der Waals surface area contributed by atoms with Gasteiger partial charge in [0.25, 0.3) is 5.91 Å². The van der Waals surface area contributed by atoms with E-state index in [1.165, 1.54) is 17.7 Å². The molecule has 0 aromatic heterocycles. The summed E-state index contributed by atoms with van der Waals surface area (Å²) in [6, 6.07) is 16.3. The number of amides is 1. The molecule has 2 atom stereocenters. The molecule has 0 unspecified atom stereocenters. The summed E-state index contributed by atoms with van der Waals surface area (Å²) in [5.41, 5.74) is 1.24. The fraction of sp³-hybridized carbons (Fsp3) is 0.350. The highest BCUT2D eigenvalue weighted by Crippen LogP contribution is 2.18. The third-order valence-electron chi connectivity index (χ3n) is 3.87. The van der Waals surface area contributed by atoms with Crippen LogP contribution >= 0.6 is 0 Å². The van der Waals surface area contributed by atoms with Crippen molar-refractivity contribution in [2.24, 2.45) is 0 Å². The molecule has 128 valence electrons. The highest BCUT2D eigenvalue weighted by atomic mass is 19.1. The van der Waals surface area contributed by atoms with E-state index in [4.69, 9.17) is 4.74 Å². The maximum absolute atomic E-state index is 13.7. The fourth-order valence-corrected chi connectivity index (χ4v) is 2.45. The molecule has 0 fully saturated rings. The molecular formula is C20H24FNO2. The van der Waals surface area contributed by atoms with Crippen LogP contribution in [0.15, 0.2) is 54.6 Å². The summed E-state index contributed by atoms with van der Waals surface area (Å²) in [5, 5.41) is 2.95. The molecule has 3 nitrogen and oxygen atoms in total. The lowest BCUT2D eigenvalue weighted by molar-refractivity contribution is -0.128. The molecular weight excluding hydrogens is 305 g/mol. The Morgan fingerprint density at radius 2 is 1.79 bits per heavy atom. The monoisotopic (exact) mass is 329 g/mol. The molecule has 0 radical (unpaired) electrons. The van der Waals surface area contributed by atoms with Gasteiger partial charge in [0.05, 0.1) is 0 Å². The third kappa shape index (κ3) is 5.37. The first kappa shape index (κ1) is 18.0. The van der Waals surface area contributed by atoms with Crippen LogP contribution in [0, 0.1) is 5.82 Å². The number of ether oxygens (including phenoxy) is 1. The zero-order valence-corrected chi connectivity index (χ0v) is 14.2. The first-order valence-electron chi connectivity index (χ1n) is 8.35. The Kier molecular flexibility index (Phi) is 6.79. The van der Waals surface area contributed by atoms with Crippen LogP contribution in [0.25, 0.3) is 0 Å². The van der Waals surface area contributed by atoms with E-state index in [9.17, 15) is 9.18 Å².